The summed E-state index contributed by atoms with van der Waals surface area (Å²) in [4.78, 5) is 18.3. The van der Waals surface area contributed by atoms with Gasteiger partial charge in [0.25, 0.3) is 0 Å². The molecule has 1 fully saturated rings. The predicted molar refractivity (Wildman–Crippen MR) is 156 cm³/mol. The number of halogens is 2. The summed E-state index contributed by atoms with van der Waals surface area (Å²) < 4.78 is 37.7. The monoisotopic (exact) mass is 594 g/mol. The van der Waals surface area contributed by atoms with Crippen molar-refractivity contribution >= 4 is 29.6 Å². The number of hydrazone groups is 1. The molecular weight excluding hydrogens is 562 g/mol. The Balaban J connectivity index is 1.29. The van der Waals surface area contributed by atoms with Gasteiger partial charge in [0.1, 0.15) is 24.7 Å². The second-order valence-electron chi connectivity index (χ2n) is 9.93. The smallest absolute Gasteiger partial charge is 0.243 e. The second-order valence-corrected chi connectivity index (χ2v) is 11.1. The molecule has 1 aromatic carbocycles. The topological polar surface area (TPSA) is 121 Å². The maximum absolute atomic E-state index is 15.1. The summed E-state index contributed by atoms with van der Waals surface area (Å²) in [6.07, 6.45) is 14.7. The van der Waals surface area contributed by atoms with E-state index in [0.29, 0.717) is 24.1 Å². The van der Waals surface area contributed by atoms with Crippen LogP contribution in [0.5, 0.6) is 5.75 Å². The molecule has 13 heteroatoms. The maximum Gasteiger partial charge on any atom is 0.243 e. The average molecular weight is 595 g/mol. The van der Waals surface area contributed by atoms with Crippen LogP contribution in [0.4, 0.5) is 8.78 Å². The summed E-state index contributed by atoms with van der Waals surface area (Å²) in [6.45, 7) is 1.11. The number of thioether (sulfide) groups is 1. The molecule has 1 saturated heterocycles. The standard InChI is InChI=1S/C29H32F2N8O2S/c30-23-15-26(24(31)14-22(23)25(16-32)35-34-18-28(40)38-12-5-2-6-13-38)41-19-27-36-37-29(42-21-9-3-1-4-10-21)39(27)20-8-7-11-33-17-20/h3,7-9,11,14-17,21,32,34H,1-2,4-6,10,12-13,18-19H2/b32-16?,35-25+/t21-/m0/s1. The van der Waals surface area contributed by atoms with Crippen LogP contribution in [0.2, 0.25) is 0 Å². The fraction of sp³-hybridized carbons (Fsp3) is 0.379. The third kappa shape index (κ3) is 7.19. The van der Waals surface area contributed by atoms with Crippen molar-refractivity contribution in [3.63, 3.8) is 0 Å². The maximum atomic E-state index is 15.1. The molecule has 3 heterocycles. The van der Waals surface area contributed by atoms with Gasteiger partial charge in [-0.2, -0.15) is 5.10 Å². The lowest BCUT2D eigenvalue weighted by Gasteiger charge is -2.26. The van der Waals surface area contributed by atoms with Gasteiger partial charge in [0.2, 0.25) is 5.91 Å². The Morgan fingerprint density at radius 2 is 2.05 bits per heavy atom. The molecule has 220 valence electrons. The Bertz CT molecular complexity index is 1460. The lowest BCUT2D eigenvalue weighted by Crippen LogP contribution is -2.40. The molecule has 1 aliphatic heterocycles. The van der Waals surface area contributed by atoms with E-state index in [0.717, 1.165) is 62.6 Å². The molecule has 10 nitrogen and oxygen atoms in total. The Morgan fingerprint density at radius 1 is 1.19 bits per heavy atom. The number of aromatic nitrogens is 4. The molecule has 0 saturated carbocycles. The van der Waals surface area contributed by atoms with Crippen molar-refractivity contribution in [2.75, 3.05) is 19.6 Å². The van der Waals surface area contributed by atoms with E-state index >= 15 is 8.78 Å². The van der Waals surface area contributed by atoms with Crippen molar-refractivity contribution in [2.45, 2.75) is 55.5 Å². The van der Waals surface area contributed by atoms with Crippen LogP contribution in [0.15, 0.2) is 59.1 Å². The molecule has 1 amide bonds. The highest BCUT2D eigenvalue weighted by Gasteiger charge is 2.21. The largest absolute Gasteiger partial charge is 0.482 e. The zero-order valence-electron chi connectivity index (χ0n) is 23.0. The highest BCUT2D eigenvalue weighted by Crippen LogP contribution is 2.31. The number of ether oxygens (including phenoxy) is 1. The van der Waals surface area contributed by atoms with E-state index < -0.39 is 11.6 Å². The number of benzene rings is 1. The number of likely N-dealkylation sites (tertiary alicyclic amines) is 1. The number of allylic oxidation sites excluding steroid dienone is 1. The molecule has 2 aliphatic rings. The summed E-state index contributed by atoms with van der Waals surface area (Å²) in [6, 6.07) is 5.49. The van der Waals surface area contributed by atoms with Crippen molar-refractivity contribution in [3.05, 3.63) is 71.8 Å². The molecule has 42 heavy (non-hydrogen) atoms. The average Bonchev–Trinajstić information content (AvgIpc) is 3.43. The molecular formula is C29H32F2N8O2S. The molecule has 1 aliphatic carbocycles. The van der Waals surface area contributed by atoms with Gasteiger partial charge in [0.15, 0.2) is 22.5 Å². The van der Waals surface area contributed by atoms with Gasteiger partial charge >= 0.3 is 0 Å². The van der Waals surface area contributed by atoms with Crippen molar-refractivity contribution < 1.29 is 18.3 Å². The van der Waals surface area contributed by atoms with Crippen LogP contribution in [-0.4, -0.2) is 67.4 Å². The first-order chi connectivity index (χ1) is 20.5. The Labute approximate surface area is 246 Å². The number of carbonyl (C=O) groups is 1. The highest BCUT2D eigenvalue weighted by molar-refractivity contribution is 7.99. The summed E-state index contributed by atoms with van der Waals surface area (Å²) in [5, 5.41) is 21.1. The summed E-state index contributed by atoms with van der Waals surface area (Å²) in [5.41, 5.74) is 2.93. The van der Waals surface area contributed by atoms with Crippen LogP contribution < -0.4 is 10.2 Å². The number of nitrogens with zero attached hydrogens (tertiary/aromatic N) is 6. The highest BCUT2D eigenvalue weighted by atomic mass is 32.2. The number of hydrogen-bond acceptors (Lipinski definition) is 9. The second kappa shape index (κ2) is 14.2. The predicted octanol–water partition coefficient (Wildman–Crippen LogP) is 4.68. The fourth-order valence-electron chi connectivity index (χ4n) is 4.83. The van der Waals surface area contributed by atoms with E-state index in [-0.39, 0.29) is 41.3 Å². The lowest BCUT2D eigenvalue weighted by atomic mass is 10.1. The number of amides is 1. The fourth-order valence-corrected chi connectivity index (χ4v) is 5.97. The van der Waals surface area contributed by atoms with Gasteiger partial charge < -0.3 is 15.0 Å². The third-order valence-corrected chi connectivity index (χ3v) is 8.17. The molecule has 2 aromatic heterocycles. The minimum absolute atomic E-state index is 0.0996. The Hall–Kier alpha value is -4.13. The number of hydrogen-bond donors (Lipinski definition) is 2. The summed E-state index contributed by atoms with van der Waals surface area (Å²) in [5.74, 6) is -1.71. The lowest BCUT2D eigenvalue weighted by molar-refractivity contribution is -0.131. The van der Waals surface area contributed by atoms with E-state index in [1.54, 1.807) is 39.7 Å². The first-order valence-corrected chi connectivity index (χ1v) is 14.8. The number of carbonyl (C=O) groups excluding carboxylic acids is 1. The zero-order chi connectivity index (χ0) is 29.3. The van der Waals surface area contributed by atoms with E-state index in [1.807, 2.05) is 6.07 Å². The van der Waals surface area contributed by atoms with Crippen molar-refractivity contribution in [2.24, 2.45) is 5.10 Å². The van der Waals surface area contributed by atoms with Gasteiger partial charge in [-0.3, -0.25) is 19.8 Å². The number of nitrogens with one attached hydrogen (secondary N) is 2. The van der Waals surface area contributed by atoms with Crippen LogP contribution in [0.3, 0.4) is 0 Å². The minimum atomic E-state index is -0.834. The molecule has 0 spiro atoms. The number of rotatable bonds is 11. The number of pyridine rings is 1. The van der Waals surface area contributed by atoms with Gasteiger partial charge in [-0.1, -0.05) is 23.9 Å². The van der Waals surface area contributed by atoms with Crippen LogP contribution in [-0.2, 0) is 11.4 Å². The quantitative estimate of drug-likeness (QED) is 0.188. The van der Waals surface area contributed by atoms with Gasteiger partial charge in [-0.25, -0.2) is 8.78 Å². The van der Waals surface area contributed by atoms with E-state index in [4.69, 9.17) is 10.1 Å². The molecule has 1 atom stereocenters. The normalized spacial score (nSPS) is 17.2. The van der Waals surface area contributed by atoms with Crippen LogP contribution in [0, 0.1) is 17.0 Å². The first-order valence-electron chi connectivity index (χ1n) is 13.9. The Kier molecular flexibility index (Phi) is 9.90. The molecule has 0 radical (unpaired) electrons. The van der Waals surface area contributed by atoms with Gasteiger partial charge in [-0.05, 0) is 56.7 Å². The van der Waals surface area contributed by atoms with Crippen LogP contribution in [0.1, 0.15) is 49.9 Å². The SMILES string of the molecule is N=C/C(=N\NCC(=O)N1CCCCC1)c1cc(F)c(OCc2nnc(S[C@H]3C=CCCC3)n2-c2cccnc2)cc1F. The molecule has 5 rings (SSSR count). The van der Waals surface area contributed by atoms with Gasteiger partial charge in [0, 0.05) is 42.4 Å². The van der Waals surface area contributed by atoms with E-state index in [9.17, 15) is 4.79 Å². The summed E-state index contributed by atoms with van der Waals surface area (Å²) >= 11 is 1.58. The minimum Gasteiger partial charge on any atom is -0.482 e. The van der Waals surface area contributed by atoms with Gasteiger partial charge in [-0.15, -0.1) is 10.2 Å². The molecule has 0 bridgehead atoms. The summed E-state index contributed by atoms with van der Waals surface area (Å²) in [7, 11) is 0. The first kappa shape index (κ1) is 29.4. The zero-order valence-corrected chi connectivity index (χ0v) is 23.8. The Morgan fingerprint density at radius 3 is 2.79 bits per heavy atom. The van der Waals surface area contributed by atoms with Crippen molar-refractivity contribution in [1.29, 1.82) is 5.41 Å². The van der Waals surface area contributed by atoms with Gasteiger partial charge in [0.05, 0.1) is 11.9 Å². The third-order valence-electron chi connectivity index (χ3n) is 7.00. The van der Waals surface area contributed by atoms with Crippen molar-refractivity contribution in [1.82, 2.24) is 30.1 Å². The van der Waals surface area contributed by atoms with E-state index in [1.165, 1.54) is 0 Å². The van der Waals surface area contributed by atoms with E-state index in [2.05, 4.69) is 37.9 Å². The van der Waals surface area contributed by atoms with Crippen molar-refractivity contribution in [3.8, 4) is 11.4 Å². The van der Waals surface area contributed by atoms with Crippen LogP contribution in [0.25, 0.3) is 5.69 Å². The molecule has 3 aromatic rings. The number of piperidine rings is 1. The molecule has 2 N–H and O–H groups in total. The van der Waals surface area contributed by atoms with Crippen LogP contribution >= 0.6 is 11.8 Å². The molecule has 0 unspecified atom stereocenters.